The second-order valence-corrected chi connectivity index (χ2v) is 7.54. The summed E-state index contributed by atoms with van der Waals surface area (Å²) in [7, 11) is 0. The van der Waals surface area contributed by atoms with Crippen LogP contribution in [-0.4, -0.2) is 26.1 Å². The van der Waals surface area contributed by atoms with E-state index in [2.05, 4.69) is 10.1 Å². The Kier molecular flexibility index (Phi) is 9.55. The molecule has 0 heterocycles. The van der Waals surface area contributed by atoms with Crippen LogP contribution in [0, 0.1) is 0 Å². The van der Waals surface area contributed by atoms with Gasteiger partial charge in [0.15, 0.2) is 5.75 Å². The van der Waals surface area contributed by atoms with E-state index in [1.165, 1.54) is 30.3 Å². The summed E-state index contributed by atoms with van der Waals surface area (Å²) in [5.41, 5.74) is 0.646. The van der Waals surface area contributed by atoms with Gasteiger partial charge in [0, 0.05) is 24.4 Å². The SMILES string of the molecule is FC(F)(F)Oc1ccc(NCCCOc2c(Cl)cc(OCC=C(Cl)Cl)cc2Cl)cc1. The maximum atomic E-state index is 12.1. The summed E-state index contributed by atoms with van der Waals surface area (Å²) in [6.45, 7) is 0.984. The number of benzene rings is 2. The molecule has 0 atom stereocenters. The van der Waals surface area contributed by atoms with Crippen LogP contribution in [0.3, 0.4) is 0 Å². The predicted octanol–water partition coefficient (Wildman–Crippen LogP) is 7.47. The summed E-state index contributed by atoms with van der Waals surface area (Å²) in [6, 6.07) is 8.55. The topological polar surface area (TPSA) is 39.7 Å². The van der Waals surface area contributed by atoms with Gasteiger partial charge in [-0.1, -0.05) is 46.4 Å². The first-order chi connectivity index (χ1) is 14.1. The molecule has 0 aliphatic carbocycles. The zero-order valence-electron chi connectivity index (χ0n) is 15.2. The average Bonchev–Trinajstić information content (AvgIpc) is 2.63. The van der Waals surface area contributed by atoms with E-state index in [9.17, 15) is 13.2 Å². The first kappa shape index (κ1) is 24.6. The van der Waals surface area contributed by atoms with Gasteiger partial charge in [-0.25, -0.2) is 0 Å². The first-order valence-corrected chi connectivity index (χ1v) is 10.0. The fourth-order valence-electron chi connectivity index (χ4n) is 2.21. The monoisotopic (exact) mass is 503 g/mol. The van der Waals surface area contributed by atoms with Crippen LogP contribution in [0.4, 0.5) is 18.9 Å². The summed E-state index contributed by atoms with van der Waals surface area (Å²) in [6.07, 6.45) is -2.65. The van der Waals surface area contributed by atoms with E-state index < -0.39 is 6.36 Å². The Morgan fingerprint density at radius 1 is 0.967 bits per heavy atom. The van der Waals surface area contributed by atoms with Gasteiger partial charge >= 0.3 is 6.36 Å². The quantitative estimate of drug-likeness (QED) is 0.340. The van der Waals surface area contributed by atoms with E-state index in [1.54, 1.807) is 12.1 Å². The Hall–Kier alpha value is -1.67. The number of hydrogen-bond donors (Lipinski definition) is 1. The summed E-state index contributed by atoms with van der Waals surface area (Å²) in [4.78, 5) is 0. The molecule has 2 aromatic rings. The summed E-state index contributed by atoms with van der Waals surface area (Å²) in [5.74, 6) is 0.475. The molecule has 0 fully saturated rings. The van der Waals surface area contributed by atoms with Gasteiger partial charge in [-0.2, -0.15) is 0 Å². The third-order valence-electron chi connectivity index (χ3n) is 3.44. The third kappa shape index (κ3) is 9.00. The number of alkyl halides is 3. The summed E-state index contributed by atoms with van der Waals surface area (Å²) in [5, 5.41) is 3.63. The molecule has 0 saturated heterocycles. The molecule has 0 saturated carbocycles. The summed E-state index contributed by atoms with van der Waals surface area (Å²) >= 11 is 23.4. The molecule has 0 bridgehead atoms. The molecular weight excluding hydrogens is 489 g/mol. The van der Waals surface area contributed by atoms with Crippen molar-refractivity contribution in [2.45, 2.75) is 12.8 Å². The number of nitrogens with one attached hydrogen (secondary N) is 1. The molecule has 0 spiro atoms. The van der Waals surface area contributed by atoms with Crippen LogP contribution in [0.1, 0.15) is 6.42 Å². The summed E-state index contributed by atoms with van der Waals surface area (Å²) < 4.78 is 51.4. The highest BCUT2D eigenvalue weighted by molar-refractivity contribution is 6.55. The van der Waals surface area contributed by atoms with Crippen LogP contribution in [0.15, 0.2) is 47.0 Å². The van der Waals surface area contributed by atoms with Crippen molar-refractivity contribution in [2.24, 2.45) is 0 Å². The number of hydrogen-bond acceptors (Lipinski definition) is 4. The van der Waals surface area contributed by atoms with E-state index in [4.69, 9.17) is 55.9 Å². The van der Waals surface area contributed by atoms with Crippen LogP contribution in [0.25, 0.3) is 0 Å². The van der Waals surface area contributed by atoms with Gasteiger partial charge in [0.25, 0.3) is 0 Å². The smallest absolute Gasteiger partial charge is 0.490 e. The number of ether oxygens (including phenoxy) is 3. The molecule has 0 radical (unpaired) electrons. The minimum atomic E-state index is -4.71. The molecule has 0 aliphatic heterocycles. The number of rotatable bonds is 10. The second-order valence-electron chi connectivity index (χ2n) is 5.72. The molecule has 0 aromatic heterocycles. The molecule has 0 unspecified atom stereocenters. The van der Waals surface area contributed by atoms with Crippen molar-refractivity contribution in [1.82, 2.24) is 0 Å². The number of anilines is 1. The molecular formula is C19H16Cl4F3NO3. The van der Waals surface area contributed by atoms with Crippen LogP contribution >= 0.6 is 46.4 Å². The lowest BCUT2D eigenvalue weighted by Gasteiger charge is -2.13. The molecule has 2 rings (SSSR count). The Morgan fingerprint density at radius 3 is 2.17 bits per heavy atom. The van der Waals surface area contributed by atoms with Crippen molar-refractivity contribution < 1.29 is 27.4 Å². The Morgan fingerprint density at radius 2 is 1.60 bits per heavy atom. The average molecular weight is 505 g/mol. The van der Waals surface area contributed by atoms with E-state index >= 15 is 0 Å². The number of halogens is 7. The lowest BCUT2D eigenvalue weighted by Crippen LogP contribution is -2.17. The minimum absolute atomic E-state index is 0.0892. The van der Waals surface area contributed by atoms with Gasteiger partial charge in [0.05, 0.1) is 16.7 Å². The van der Waals surface area contributed by atoms with Gasteiger partial charge in [0.2, 0.25) is 0 Å². The van der Waals surface area contributed by atoms with E-state index in [-0.39, 0.29) is 26.9 Å². The fourth-order valence-corrected chi connectivity index (χ4v) is 2.91. The predicted molar refractivity (Wildman–Crippen MR) is 113 cm³/mol. The maximum Gasteiger partial charge on any atom is 0.573 e. The van der Waals surface area contributed by atoms with Gasteiger partial charge < -0.3 is 19.5 Å². The molecule has 0 aliphatic rings. The van der Waals surface area contributed by atoms with Crippen molar-refractivity contribution in [3.8, 4) is 17.2 Å². The van der Waals surface area contributed by atoms with E-state index in [0.29, 0.717) is 36.8 Å². The lowest BCUT2D eigenvalue weighted by molar-refractivity contribution is -0.274. The molecule has 2 aromatic carbocycles. The van der Waals surface area contributed by atoms with Crippen molar-refractivity contribution in [3.05, 3.63) is 57.0 Å². The Bertz CT molecular complexity index is 834. The zero-order chi connectivity index (χ0) is 22.1. The fraction of sp³-hybridized carbons (Fsp3) is 0.263. The van der Waals surface area contributed by atoms with Crippen LogP contribution < -0.4 is 19.5 Å². The highest BCUT2D eigenvalue weighted by Crippen LogP contribution is 2.37. The Labute approximate surface area is 191 Å². The van der Waals surface area contributed by atoms with Gasteiger partial charge in [-0.15, -0.1) is 13.2 Å². The molecule has 0 amide bonds. The van der Waals surface area contributed by atoms with Crippen molar-refractivity contribution in [1.29, 1.82) is 0 Å². The van der Waals surface area contributed by atoms with Crippen molar-refractivity contribution in [3.63, 3.8) is 0 Å². The van der Waals surface area contributed by atoms with Gasteiger partial charge in [0.1, 0.15) is 22.6 Å². The van der Waals surface area contributed by atoms with Crippen molar-refractivity contribution >= 4 is 52.1 Å². The molecule has 30 heavy (non-hydrogen) atoms. The van der Waals surface area contributed by atoms with Gasteiger partial charge in [-0.3, -0.25) is 0 Å². The molecule has 4 nitrogen and oxygen atoms in total. The minimum Gasteiger partial charge on any atom is -0.490 e. The zero-order valence-corrected chi connectivity index (χ0v) is 18.3. The first-order valence-electron chi connectivity index (χ1n) is 8.49. The highest BCUT2D eigenvalue weighted by Gasteiger charge is 2.30. The highest BCUT2D eigenvalue weighted by atomic mass is 35.5. The second kappa shape index (κ2) is 11.6. The largest absolute Gasteiger partial charge is 0.573 e. The van der Waals surface area contributed by atoms with Crippen LogP contribution in [0.5, 0.6) is 17.2 Å². The van der Waals surface area contributed by atoms with Crippen LogP contribution in [0.2, 0.25) is 10.0 Å². The van der Waals surface area contributed by atoms with Crippen molar-refractivity contribution in [2.75, 3.05) is 25.1 Å². The van der Waals surface area contributed by atoms with E-state index in [0.717, 1.165) is 0 Å². The van der Waals surface area contributed by atoms with E-state index in [1.807, 2.05) is 0 Å². The normalized spacial score (nSPS) is 11.0. The Balaban J connectivity index is 1.77. The standard InChI is InChI=1S/C19H16Cl4F3NO3/c20-15-10-14(28-9-6-17(22)23)11-16(21)18(15)29-8-1-7-27-12-2-4-13(5-3-12)30-19(24,25)26/h2-6,10-11,27H,1,7-9H2. The third-order valence-corrected chi connectivity index (χ3v) is 4.31. The molecule has 11 heteroatoms. The van der Waals surface area contributed by atoms with Gasteiger partial charge in [-0.05, 0) is 36.8 Å². The van der Waals surface area contributed by atoms with Crippen LogP contribution in [-0.2, 0) is 0 Å². The molecule has 1 N–H and O–H groups in total. The molecule has 164 valence electrons. The lowest BCUT2D eigenvalue weighted by atomic mass is 10.3. The maximum absolute atomic E-state index is 12.1.